The minimum atomic E-state index is -3.74. The van der Waals surface area contributed by atoms with Crippen LogP contribution in [0.25, 0.3) is 22.3 Å². The molecular weight excluding hydrogens is 434 g/mol. The van der Waals surface area contributed by atoms with Crippen molar-refractivity contribution < 1.29 is 26.8 Å². The lowest BCUT2D eigenvalue weighted by Gasteiger charge is -2.30. The van der Waals surface area contributed by atoms with E-state index >= 15 is 0 Å². The van der Waals surface area contributed by atoms with Gasteiger partial charge in [-0.15, -0.1) is 0 Å². The highest BCUT2D eigenvalue weighted by molar-refractivity contribution is 7.86. The Morgan fingerprint density at radius 2 is 2.03 bits per heavy atom. The fourth-order valence-electron chi connectivity index (χ4n) is 3.94. The quantitative estimate of drug-likeness (QED) is 0.401. The number of methoxy groups -OCH3 is 1. The summed E-state index contributed by atoms with van der Waals surface area (Å²) in [5.41, 5.74) is 3.45. The maximum Gasteiger partial charge on any atom is 0.265 e. The van der Waals surface area contributed by atoms with Crippen LogP contribution in [0.5, 0.6) is 5.75 Å². The molecule has 1 fully saturated rings. The van der Waals surface area contributed by atoms with Crippen molar-refractivity contribution in [3.05, 3.63) is 41.6 Å². The van der Waals surface area contributed by atoms with Crippen LogP contribution in [-0.4, -0.2) is 56.5 Å². The number of fused-ring (bicyclic) bond motifs is 1. The molecule has 3 aromatic rings. The predicted molar refractivity (Wildman–Crippen MR) is 119 cm³/mol. The van der Waals surface area contributed by atoms with Gasteiger partial charge in [-0.3, -0.25) is 9.28 Å². The minimum absolute atomic E-state index is 0.159. The summed E-state index contributed by atoms with van der Waals surface area (Å²) in [5.74, 6) is 0.668. The average molecular weight is 462 g/mol. The third kappa shape index (κ3) is 5.09. The Kier molecular flexibility index (Phi) is 6.75. The number of hydrogen-bond acceptors (Lipinski definition) is 8. The van der Waals surface area contributed by atoms with Crippen molar-refractivity contribution in [1.82, 2.24) is 15.2 Å². The SMILES string of the molecule is COCOc1ccc(-c2cc(C(OS(C)(=O)=O)C3CCCCO3)c3c(C)[nH]nc3n2)cc1. The van der Waals surface area contributed by atoms with Gasteiger partial charge in [-0.2, -0.15) is 13.5 Å². The number of hydrogen-bond donors (Lipinski definition) is 1. The largest absolute Gasteiger partial charge is 0.468 e. The monoisotopic (exact) mass is 461 g/mol. The molecule has 2 aromatic heterocycles. The molecule has 172 valence electrons. The molecule has 3 heterocycles. The van der Waals surface area contributed by atoms with E-state index in [0.717, 1.165) is 35.7 Å². The Hall–Kier alpha value is -2.53. The van der Waals surface area contributed by atoms with E-state index in [1.807, 2.05) is 37.3 Å². The molecule has 1 N–H and O–H groups in total. The molecule has 0 saturated carbocycles. The summed E-state index contributed by atoms with van der Waals surface area (Å²) in [6, 6.07) is 9.27. The second-order valence-corrected chi connectivity index (χ2v) is 9.45. The Labute approximate surface area is 187 Å². The van der Waals surface area contributed by atoms with Crippen molar-refractivity contribution in [2.75, 3.05) is 26.8 Å². The van der Waals surface area contributed by atoms with Gasteiger partial charge in [0.2, 0.25) is 0 Å². The van der Waals surface area contributed by atoms with Crippen molar-refractivity contribution in [3.8, 4) is 17.0 Å². The van der Waals surface area contributed by atoms with Gasteiger partial charge >= 0.3 is 0 Å². The predicted octanol–water partition coefficient (Wildman–Crippen LogP) is 3.50. The number of nitrogens with one attached hydrogen (secondary N) is 1. The first-order valence-corrected chi connectivity index (χ1v) is 12.2. The van der Waals surface area contributed by atoms with Crippen LogP contribution in [0, 0.1) is 6.92 Å². The zero-order chi connectivity index (χ0) is 22.7. The smallest absolute Gasteiger partial charge is 0.265 e. The summed E-state index contributed by atoms with van der Waals surface area (Å²) in [5, 5.41) is 8.03. The molecule has 0 amide bonds. The molecule has 1 aliphatic rings. The lowest BCUT2D eigenvalue weighted by atomic mass is 9.94. The molecule has 9 nitrogen and oxygen atoms in total. The Morgan fingerprint density at radius 1 is 1.25 bits per heavy atom. The molecular formula is C22H27N3O6S. The van der Waals surface area contributed by atoms with E-state index in [9.17, 15) is 8.42 Å². The maximum atomic E-state index is 12.2. The molecule has 4 rings (SSSR count). The summed E-state index contributed by atoms with van der Waals surface area (Å²) in [7, 11) is -2.18. The molecule has 0 spiro atoms. The van der Waals surface area contributed by atoms with Gasteiger partial charge in [0.05, 0.1) is 18.1 Å². The molecule has 32 heavy (non-hydrogen) atoms. The van der Waals surface area contributed by atoms with Crippen LogP contribution >= 0.6 is 0 Å². The third-order valence-electron chi connectivity index (χ3n) is 5.37. The van der Waals surface area contributed by atoms with Gasteiger partial charge in [0, 0.05) is 30.4 Å². The van der Waals surface area contributed by atoms with Gasteiger partial charge in [-0.05, 0) is 62.1 Å². The topological polar surface area (TPSA) is 113 Å². The molecule has 0 aliphatic carbocycles. The number of ether oxygens (including phenoxy) is 3. The second-order valence-electron chi connectivity index (χ2n) is 7.85. The van der Waals surface area contributed by atoms with E-state index in [1.54, 1.807) is 7.11 Å². The van der Waals surface area contributed by atoms with Crippen molar-refractivity contribution in [2.24, 2.45) is 0 Å². The first-order valence-electron chi connectivity index (χ1n) is 10.4. The highest BCUT2D eigenvalue weighted by Crippen LogP contribution is 2.37. The summed E-state index contributed by atoms with van der Waals surface area (Å²) in [6.45, 7) is 2.61. The van der Waals surface area contributed by atoms with Gasteiger partial charge in [0.25, 0.3) is 10.1 Å². The van der Waals surface area contributed by atoms with Gasteiger partial charge in [-0.1, -0.05) is 0 Å². The number of aromatic nitrogens is 3. The van der Waals surface area contributed by atoms with Crippen LogP contribution in [-0.2, 0) is 23.8 Å². The standard InChI is InChI=1S/C22H27N3O6S/c1-14-20-17(21(31-32(3,26)27)19-6-4-5-11-29-19)12-18(23-22(20)25-24-14)15-7-9-16(10-8-15)30-13-28-2/h7-10,12,19,21H,4-6,11,13H2,1-3H3,(H,23,24,25). The molecule has 10 heteroatoms. The highest BCUT2D eigenvalue weighted by atomic mass is 32.2. The third-order valence-corrected chi connectivity index (χ3v) is 5.92. The van der Waals surface area contributed by atoms with Crippen LogP contribution in [0.2, 0.25) is 0 Å². The lowest BCUT2D eigenvalue weighted by molar-refractivity contribution is -0.0505. The molecule has 1 saturated heterocycles. The molecule has 1 aliphatic heterocycles. The number of benzene rings is 1. The van der Waals surface area contributed by atoms with Crippen LogP contribution in [0.1, 0.15) is 36.6 Å². The van der Waals surface area contributed by atoms with Crippen LogP contribution in [0.15, 0.2) is 30.3 Å². The Balaban J connectivity index is 1.80. The Morgan fingerprint density at radius 3 is 2.69 bits per heavy atom. The Bertz CT molecular complexity index is 1170. The average Bonchev–Trinajstić information content (AvgIpc) is 3.17. The van der Waals surface area contributed by atoms with E-state index in [-0.39, 0.29) is 12.9 Å². The number of pyridine rings is 1. The number of nitrogens with zero attached hydrogens (tertiary/aromatic N) is 2. The van der Waals surface area contributed by atoms with E-state index in [1.165, 1.54) is 0 Å². The van der Waals surface area contributed by atoms with Crippen molar-refractivity contribution in [3.63, 3.8) is 0 Å². The zero-order valence-electron chi connectivity index (χ0n) is 18.3. The minimum Gasteiger partial charge on any atom is -0.468 e. The first-order chi connectivity index (χ1) is 15.4. The summed E-state index contributed by atoms with van der Waals surface area (Å²) < 4.78 is 46.2. The highest BCUT2D eigenvalue weighted by Gasteiger charge is 2.33. The lowest BCUT2D eigenvalue weighted by Crippen LogP contribution is -2.30. The van der Waals surface area contributed by atoms with Crippen molar-refractivity contribution in [1.29, 1.82) is 0 Å². The number of aromatic amines is 1. The second kappa shape index (κ2) is 9.53. The zero-order valence-corrected chi connectivity index (χ0v) is 19.1. The van der Waals surface area contributed by atoms with E-state index in [0.29, 0.717) is 35.7 Å². The summed E-state index contributed by atoms with van der Waals surface area (Å²) >= 11 is 0. The summed E-state index contributed by atoms with van der Waals surface area (Å²) in [6.07, 6.45) is 2.49. The fourth-order valence-corrected chi connectivity index (χ4v) is 4.54. The van der Waals surface area contributed by atoms with Gasteiger partial charge in [0.1, 0.15) is 11.9 Å². The maximum absolute atomic E-state index is 12.2. The molecule has 0 radical (unpaired) electrons. The summed E-state index contributed by atoms with van der Waals surface area (Å²) in [4.78, 5) is 4.69. The normalized spacial score (nSPS) is 18.0. The molecule has 2 unspecified atom stereocenters. The van der Waals surface area contributed by atoms with Crippen LogP contribution < -0.4 is 4.74 Å². The van der Waals surface area contributed by atoms with Crippen LogP contribution in [0.3, 0.4) is 0 Å². The van der Waals surface area contributed by atoms with Gasteiger partial charge < -0.3 is 14.2 Å². The molecule has 2 atom stereocenters. The van der Waals surface area contributed by atoms with Crippen molar-refractivity contribution >= 4 is 21.2 Å². The van der Waals surface area contributed by atoms with Crippen LogP contribution in [0.4, 0.5) is 0 Å². The molecule has 0 bridgehead atoms. The van der Waals surface area contributed by atoms with E-state index in [2.05, 4.69) is 15.2 Å². The van der Waals surface area contributed by atoms with Gasteiger partial charge in [0.15, 0.2) is 12.4 Å². The van der Waals surface area contributed by atoms with E-state index in [4.69, 9.17) is 18.4 Å². The number of H-pyrrole nitrogens is 1. The molecule has 1 aromatic carbocycles. The van der Waals surface area contributed by atoms with Crippen molar-refractivity contribution in [2.45, 2.75) is 38.4 Å². The first kappa shape index (κ1) is 22.7. The number of rotatable bonds is 8. The van der Waals surface area contributed by atoms with Gasteiger partial charge in [-0.25, -0.2) is 4.98 Å². The number of aryl methyl sites for hydroxylation is 1. The van der Waals surface area contributed by atoms with E-state index < -0.39 is 16.2 Å². The fraction of sp³-hybridized carbons (Fsp3) is 0.455.